The van der Waals surface area contributed by atoms with Crippen molar-refractivity contribution < 1.29 is 4.74 Å². The summed E-state index contributed by atoms with van der Waals surface area (Å²) in [6.45, 7) is 7.15. The molecule has 1 aliphatic carbocycles. The molecule has 2 rings (SSSR count). The fraction of sp³-hybridized carbons (Fsp3) is 0.533. The molecule has 0 aliphatic heterocycles. The van der Waals surface area contributed by atoms with Gasteiger partial charge in [0, 0.05) is 5.71 Å². The van der Waals surface area contributed by atoms with E-state index in [-0.39, 0.29) is 0 Å². The van der Waals surface area contributed by atoms with Crippen LogP contribution in [0.5, 0.6) is 5.75 Å². The van der Waals surface area contributed by atoms with Gasteiger partial charge in [0.25, 0.3) is 0 Å². The van der Waals surface area contributed by atoms with Gasteiger partial charge in [0.05, 0.1) is 12.3 Å². The third-order valence-electron chi connectivity index (χ3n) is 3.17. The van der Waals surface area contributed by atoms with Crippen LogP contribution in [-0.2, 0) is 0 Å². The summed E-state index contributed by atoms with van der Waals surface area (Å²) in [4.78, 5) is 4.59. The van der Waals surface area contributed by atoms with Gasteiger partial charge in [0.1, 0.15) is 5.75 Å². The van der Waals surface area contributed by atoms with E-state index < -0.39 is 0 Å². The van der Waals surface area contributed by atoms with Crippen LogP contribution in [0.4, 0.5) is 5.69 Å². The van der Waals surface area contributed by atoms with Crippen molar-refractivity contribution in [1.82, 2.24) is 0 Å². The summed E-state index contributed by atoms with van der Waals surface area (Å²) in [5.74, 6) is 1.78. The molecule has 0 unspecified atom stereocenters. The summed E-state index contributed by atoms with van der Waals surface area (Å²) >= 11 is 0. The lowest BCUT2D eigenvalue weighted by molar-refractivity contribution is 0.299. The molecule has 0 amide bonds. The molecule has 2 nitrogen and oxygen atoms in total. The normalized spacial score (nSPS) is 16.1. The summed E-state index contributed by atoms with van der Waals surface area (Å²) < 4.78 is 5.75. The molecule has 0 saturated heterocycles. The van der Waals surface area contributed by atoms with E-state index in [1.807, 2.05) is 6.07 Å². The molecule has 2 heteroatoms. The average molecular weight is 231 g/mol. The first-order valence-electron chi connectivity index (χ1n) is 6.46. The Bertz CT molecular complexity index is 419. The highest BCUT2D eigenvalue weighted by molar-refractivity contribution is 5.84. The smallest absolute Gasteiger partial charge is 0.119 e. The van der Waals surface area contributed by atoms with E-state index in [0.717, 1.165) is 30.4 Å². The van der Waals surface area contributed by atoms with Crippen LogP contribution >= 0.6 is 0 Å². The van der Waals surface area contributed by atoms with Crippen molar-refractivity contribution >= 4 is 11.4 Å². The molecule has 0 aromatic heterocycles. The molecule has 0 N–H and O–H groups in total. The van der Waals surface area contributed by atoms with E-state index in [2.05, 4.69) is 37.9 Å². The first kappa shape index (κ1) is 12.2. The fourth-order valence-electron chi connectivity index (χ4n) is 1.63. The molecule has 0 heterocycles. The molecular weight excluding hydrogens is 210 g/mol. The quantitative estimate of drug-likeness (QED) is 0.693. The molecule has 0 bridgehead atoms. The molecule has 0 radical (unpaired) electrons. The molecule has 17 heavy (non-hydrogen) atoms. The Morgan fingerprint density at radius 1 is 1.41 bits per heavy atom. The van der Waals surface area contributed by atoms with Gasteiger partial charge < -0.3 is 4.74 Å². The summed E-state index contributed by atoms with van der Waals surface area (Å²) in [7, 11) is 0. The molecular formula is C15H21NO. The highest BCUT2D eigenvalue weighted by atomic mass is 16.5. The van der Waals surface area contributed by atoms with E-state index in [1.165, 1.54) is 24.1 Å². The van der Waals surface area contributed by atoms with Crippen molar-refractivity contribution in [2.75, 3.05) is 6.61 Å². The van der Waals surface area contributed by atoms with E-state index in [9.17, 15) is 0 Å². The SMILES string of the molecule is CCC(C)=Nc1ccc(OCC2CC2)cc1C. The second kappa shape index (κ2) is 5.35. The van der Waals surface area contributed by atoms with E-state index >= 15 is 0 Å². The Morgan fingerprint density at radius 2 is 2.18 bits per heavy atom. The number of aryl methyl sites for hydroxylation is 1. The highest BCUT2D eigenvalue weighted by Crippen LogP contribution is 2.30. The van der Waals surface area contributed by atoms with Crippen molar-refractivity contribution in [1.29, 1.82) is 0 Å². The minimum atomic E-state index is 0.801. The van der Waals surface area contributed by atoms with Crippen molar-refractivity contribution in [3.8, 4) is 5.75 Å². The lowest BCUT2D eigenvalue weighted by Crippen LogP contribution is -1.98. The van der Waals surface area contributed by atoms with Crippen molar-refractivity contribution in [2.45, 2.75) is 40.0 Å². The Kier molecular flexibility index (Phi) is 3.82. The van der Waals surface area contributed by atoms with Crippen LogP contribution in [0.15, 0.2) is 23.2 Å². The zero-order valence-corrected chi connectivity index (χ0v) is 11.0. The summed E-state index contributed by atoms with van der Waals surface area (Å²) in [5, 5.41) is 0. The average Bonchev–Trinajstić information content (AvgIpc) is 3.13. The zero-order valence-electron chi connectivity index (χ0n) is 11.0. The van der Waals surface area contributed by atoms with Gasteiger partial charge in [0.2, 0.25) is 0 Å². The van der Waals surface area contributed by atoms with Crippen LogP contribution in [0.1, 0.15) is 38.7 Å². The van der Waals surface area contributed by atoms with Gasteiger partial charge in [-0.2, -0.15) is 0 Å². The van der Waals surface area contributed by atoms with Gasteiger partial charge in [-0.3, -0.25) is 4.99 Å². The lowest BCUT2D eigenvalue weighted by Gasteiger charge is -2.08. The number of ether oxygens (including phenoxy) is 1. The molecule has 1 fully saturated rings. The predicted octanol–water partition coefficient (Wildman–Crippen LogP) is 4.29. The Balaban J connectivity index is 2.04. The molecule has 1 aromatic rings. The van der Waals surface area contributed by atoms with Crippen LogP contribution in [0.25, 0.3) is 0 Å². The lowest BCUT2D eigenvalue weighted by atomic mass is 10.2. The standard InChI is InChI=1S/C15H21NO/c1-4-12(3)16-15-8-7-14(9-11(15)2)17-10-13-5-6-13/h7-9,13H,4-6,10H2,1-3H3. The van der Waals surface area contributed by atoms with Crippen LogP contribution in [0.2, 0.25) is 0 Å². The number of rotatable bonds is 5. The van der Waals surface area contributed by atoms with E-state index in [1.54, 1.807) is 0 Å². The second-order valence-corrected chi connectivity index (χ2v) is 4.90. The zero-order chi connectivity index (χ0) is 12.3. The molecule has 1 aliphatic rings. The maximum atomic E-state index is 5.75. The molecule has 0 spiro atoms. The maximum absolute atomic E-state index is 5.75. The minimum Gasteiger partial charge on any atom is -0.493 e. The van der Waals surface area contributed by atoms with Gasteiger partial charge >= 0.3 is 0 Å². The Hall–Kier alpha value is -1.31. The van der Waals surface area contributed by atoms with Gasteiger partial charge in [-0.05, 0) is 62.8 Å². The van der Waals surface area contributed by atoms with Crippen LogP contribution in [0.3, 0.4) is 0 Å². The number of benzene rings is 1. The Morgan fingerprint density at radius 3 is 2.76 bits per heavy atom. The molecule has 0 atom stereocenters. The van der Waals surface area contributed by atoms with Crippen molar-refractivity contribution in [3.63, 3.8) is 0 Å². The van der Waals surface area contributed by atoms with E-state index in [4.69, 9.17) is 4.74 Å². The van der Waals surface area contributed by atoms with E-state index in [0.29, 0.717) is 0 Å². The number of aliphatic imine (C=N–C) groups is 1. The van der Waals surface area contributed by atoms with Crippen molar-refractivity contribution in [2.24, 2.45) is 10.9 Å². The van der Waals surface area contributed by atoms with Gasteiger partial charge in [0.15, 0.2) is 0 Å². The summed E-state index contributed by atoms with van der Waals surface area (Å²) in [6, 6.07) is 6.16. The second-order valence-electron chi connectivity index (χ2n) is 4.90. The largest absolute Gasteiger partial charge is 0.493 e. The van der Waals surface area contributed by atoms with Crippen LogP contribution in [-0.4, -0.2) is 12.3 Å². The first-order chi connectivity index (χ1) is 8.19. The summed E-state index contributed by atoms with van der Waals surface area (Å²) in [6.07, 6.45) is 3.66. The molecule has 92 valence electrons. The number of hydrogen-bond acceptors (Lipinski definition) is 2. The number of hydrogen-bond donors (Lipinski definition) is 0. The van der Waals surface area contributed by atoms with Crippen molar-refractivity contribution in [3.05, 3.63) is 23.8 Å². The van der Waals surface area contributed by atoms with Crippen LogP contribution < -0.4 is 4.74 Å². The monoisotopic (exact) mass is 231 g/mol. The third kappa shape index (κ3) is 3.58. The fourth-order valence-corrected chi connectivity index (χ4v) is 1.63. The van der Waals surface area contributed by atoms with Gasteiger partial charge in [-0.15, -0.1) is 0 Å². The molecule has 1 aromatic carbocycles. The Labute approximate surface area is 104 Å². The molecule has 1 saturated carbocycles. The van der Waals surface area contributed by atoms with Crippen LogP contribution in [0, 0.1) is 12.8 Å². The maximum Gasteiger partial charge on any atom is 0.119 e. The highest BCUT2D eigenvalue weighted by Gasteiger charge is 2.21. The van der Waals surface area contributed by atoms with Gasteiger partial charge in [-0.25, -0.2) is 0 Å². The first-order valence-corrected chi connectivity index (χ1v) is 6.46. The topological polar surface area (TPSA) is 21.6 Å². The summed E-state index contributed by atoms with van der Waals surface area (Å²) in [5.41, 5.74) is 3.41. The van der Waals surface area contributed by atoms with Gasteiger partial charge in [-0.1, -0.05) is 6.92 Å². The predicted molar refractivity (Wildman–Crippen MR) is 72.5 cm³/mol. The minimum absolute atomic E-state index is 0.801. The third-order valence-corrected chi connectivity index (χ3v) is 3.17. The number of nitrogens with zero attached hydrogens (tertiary/aromatic N) is 1.